The topological polar surface area (TPSA) is 138 Å². The molecule has 8 rings (SSSR count). The van der Waals surface area contributed by atoms with Crippen molar-refractivity contribution in [3.05, 3.63) is 139 Å². The van der Waals surface area contributed by atoms with E-state index in [4.69, 9.17) is 19.7 Å². The number of aliphatic hydroxyl groups is 1. The number of hydrogen-bond donors (Lipinski definition) is 2. The van der Waals surface area contributed by atoms with E-state index in [2.05, 4.69) is 42.1 Å². The molecule has 0 spiro atoms. The van der Waals surface area contributed by atoms with Gasteiger partial charge >= 0.3 is 5.97 Å². The van der Waals surface area contributed by atoms with E-state index in [-0.39, 0.29) is 36.4 Å². The van der Waals surface area contributed by atoms with Crippen LogP contribution in [0.3, 0.4) is 0 Å². The first kappa shape index (κ1) is 36.0. The fraction of sp³-hybridized carbons (Fsp3) is 0.311. The lowest BCUT2D eigenvalue weighted by Crippen LogP contribution is -2.16. The Bertz CT molecular complexity index is 2480. The van der Waals surface area contributed by atoms with Crippen LogP contribution in [0.15, 0.2) is 143 Å². The summed E-state index contributed by atoms with van der Waals surface area (Å²) in [5.41, 5.74) is 16.0. The van der Waals surface area contributed by atoms with Gasteiger partial charge in [0.2, 0.25) is 0 Å². The van der Waals surface area contributed by atoms with Gasteiger partial charge in [-0.1, -0.05) is 13.8 Å². The molecule has 10 nitrogen and oxygen atoms in total. The smallest absolute Gasteiger partial charge is 0.305 e. The van der Waals surface area contributed by atoms with Gasteiger partial charge in [-0.25, -0.2) is 15.0 Å². The largest absolute Gasteiger partial charge is 0.511 e. The van der Waals surface area contributed by atoms with Crippen molar-refractivity contribution in [1.29, 1.82) is 0 Å². The molecule has 0 unspecified atom stereocenters. The van der Waals surface area contributed by atoms with E-state index in [0.29, 0.717) is 41.2 Å². The molecule has 6 aliphatic rings. The van der Waals surface area contributed by atoms with E-state index in [9.17, 15) is 14.7 Å². The second kappa shape index (κ2) is 14.0. The molecule has 7 heterocycles. The molecule has 5 aliphatic heterocycles. The van der Waals surface area contributed by atoms with Gasteiger partial charge in [-0.2, -0.15) is 0 Å². The maximum Gasteiger partial charge on any atom is 0.305 e. The number of ether oxygens (including phenoxy) is 1. The summed E-state index contributed by atoms with van der Waals surface area (Å²) >= 11 is 0. The van der Waals surface area contributed by atoms with Crippen LogP contribution in [0.25, 0.3) is 11.4 Å². The number of methoxy groups -OCH3 is 1. The lowest BCUT2D eigenvalue weighted by molar-refractivity contribution is -0.140. The number of nitrogens with one attached hydrogen (secondary N) is 1. The summed E-state index contributed by atoms with van der Waals surface area (Å²) in [6.07, 6.45) is 11.6. The van der Waals surface area contributed by atoms with E-state index < -0.39 is 0 Å². The van der Waals surface area contributed by atoms with Gasteiger partial charge in [-0.15, -0.1) is 0 Å². The zero-order chi connectivity index (χ0) is 38.7. The first-order chi connectivity index (χ1) is 26.4. The highest BCUT2D eigenvalue weighted by atomic mass is 16.5. The van der Waals surface area contributed by atoms with Crippen LogP contribution < -0.4 is 5.32 Å². The van der Waals surface area contributed by atoms with Crippen LogP contribution in [0.1, 0.15) is 82.6 Å². The minimum atomic E-state index is -0.268. The highest BCUT2D eigenvalue weighted by molar-refractivity contribution is 6.21. The minimum Gasteiger partial charge on any atom is -0.511 e. The summed E-state index contributed by atoms with van der Waals surface area (Å²) in [7, 11) is 1.41. The summed E-state index contributed by atoms with van der Waals surface area (Å²) in [6.45, 7) is 12.4. The number of fused-ring (bicyclic) bond motifs is 5. The molecule has 0 aromatic carbocycles. The fourth-order valence-corrected chi connectivity index (χ4v) is 8.44. The number of hydrogen-bond acceptors (Lipinski definition) is 10. The number of allylic oxidation sites excluding steroid dienone is 12. The van der Waals surface area contributed by atoms with Gasteiger partial charge in [0, 0.05) is 71.6 Å². The first-order valence-electron chi connectivity index (χ1n) is 18.9. The second-order valence-corrected chi connectivity index (χ2v) is 15.0. The lowest BCUT2D eigenvalue weighted by atomic mass is 9.86. The lowest BCUT2D eigenvalue weighted by Gasteiger charge is -2.17. The van der Waals surface area contributed by atoms with E-state index in [1.165, 1.54) is 7.11 Å². The number of aliphatic imine (C=N–C) groups is 3. The van der Waals surface area contributed by atoms with Crippen molar-refractivity contribution >= 4 is 28.9 Å². The summed E-state index contributed by atoms with van der Waals surface area (Å²) < 4.78 is 5.03. The number of rotatable bonds is 8. The molecule has 8 bridgehead atoms. The number of aryl methyl sites for hydroxylation is 1. The van der Waals surface area contributed by atoms with Gasteiger partial charge in [0.05, 0.1) is 52.7 Å². The van der Waals surface area contributed by atoms with Crippen molar-refractivity contribution in [2.75, 3.05) is 7.11 Å². The molecule has 2 aromatic heterocycles. The van der Waals surface area contributed by atoms with Gasteiger partial charge in [-0.05, 0) is 116 Å². The Hall–Kier alpha value is -6.03. The average molecular weight is 733 g/mol. The Morgan fingerprint density at radius 2 is 1.58 bits per heavy atom. The highest BCUT2D eigenvalue weighted by Gasteiger charge is 2.41. The summed E-state index contributed by atoms with van der Waals surface area (Å²) in [4.78, 5) is 51.0. The third-order valence-electron chi connectivity index (χ3n) is 11.7. The molecule has 55 heavy (non-hydrogen) atoms. The van der Waals surface area contributed by atoms with Crippen LogP contribution in [0.5, 0.6) is 0 Å². The highest BCUT2D eigenvalue weighted by Crippen LogP contribution is 2.46. The molecular weight excluding hydrogens is 689 g/mol. The quantitative estimate of drug-likeness (QED) is 0.205. The van der Waals surface area contributed by atoms with Crippen LogP contribution in [0, 0.1) is 18.8 Å². The number of aliphatic hydroxyl groups excluding tert-OH is 1. The number of pyridine rings is 2. The average Bonchev–Trinajstić information content (AvgIpc) is 3.93. The van der Waals surface area contributed by atoms with Crippen molar-refractivity contribution in [3.63, 3.8) is 0 Å². The summed E-state index contributed by atoms with van der Waals surface area (Å²) in [5.74, 6) is -0.0918. The van der Waals surface area contributed by atoms with Crippen LogP contribution in [0.4, 0.5) is 0 Å². The SMILES string of the molecule is CCC1=C(C)C2=NC1=CC1=C(C)C3=C(O)CC(=C4NC(=CC5=NC(=C2)C(CC(=O)c2ccnc(-c6cc(C)ccn6)c2)=C5C)[C@@H](C)[C@@H]4CCC(=O)OC)C3=N1. The molecule has 1 aliphatic carbocycles. The molecule has 1 saturated heterocycles. The van der Waals surface area contributed by atoms with Crippen LogP contribution in [-0.2, 0) is 9.53 Å². The third kappa shape index (κ3) is 6.29. The molecule has 0 radical (unpaired) electrons. The number of nitrogens with zero attached hydrogens (tertiary/aromatic N) is 5. The maximum absolute atomic E-state index is 14.1. The maximum atomic E-state index is 14.1. The number of Topliss-reactive ketones (excluding diaryl/α,β-unsaturated/α-hetero) is 1. The molecule has 10 heteroatoms. The van der Waals surface area contributed by atoms with Crippen molar-refractivity contribution in [1.82, 2.24) is 15.3 Å². The van der Waals surface area contributed by atoms with Crippen molar-refractivity contribution in [2.45, 2.75) is 73.6 Å². The van der Waals surface area contributed by atoms with Crippen LogP contribution in [-0.4, -0.2) is 51.1 Å². The predicted molar refractivity (Wildman–Crippen MR) is 214 cm³/mol. The van der Waals surface area contributed by atoms with Gasteiger partial charge in [0.15, 0.2) is 5.78 Å². The number of aromatic nitrogens is 2. The molecule has 2 N–H and O–H groups in total. The van der Waals surface area contributed by atoms with Crippen molar-refractivity contribution < 1.29 is 19.4 Å². The monoisotopic (exact) mass is 732 g/mol. The Morgan fingerprint density at radius 3 is 2.31 bits per heavy atom. The minimum absolute atomic E-state index is 0.0107. The molecular formula is C45H44N6O4. The fourth-order valence-electron chi connectivity index (χ4n) is 8.44. The van der Waals surface area contributed by atoms with Crippen molar-refractivity contribution in [2.24, 2.45) is 26.8 Å². The summed E-state index contributed by atoms with van der Waals surface area (Å²) in [5, 5.41) is 15.1. The Balaban J connectivity index is 1.26. The zero-order valence-electron chi connectivity index (χ0n) is 32.3. The number of carbonyl (C=O) groups is 2. The van der Waals surface area contributed by atoms with Gasteiger partial charge in [-0.3, -0.25) is 19.6 Å². The number of ketones is 1. The molecule has 0 saturated carbocycles. The van der Waals surface area contributed by atoms with Gasteiger partial charge in [0.25, 0.3) is 0 Å². The molecule has 2 aromatic rings. The Morgan fingerprint density at radius 1 is 0.891 bits per heavy atom. The standard InChI is InChI=1S/C45H44N6O4/c1-8-28-23(3)33-20-37-30(17-40(52)27-12-14-47-39(16-27)38-15-22(2)11-13-46-38)25(5)32(49-37)19-34-24(4)29(9-10-42(54)55-7)44(50-34)31-18-41(53)43-26(6)35(51-45(31)43)21-36(28)48-33/h11-16,19-21,24,29,50,53H,8-10,17-18H2,1-7H3/t24-,29-/m0/s1. The van der Waals surface area contributed by atoms with Crippen LogP contribution in [0.2, 0.25) is 0 Å². The van der Waals surface area contributed by atoms with E-state index >= 15 is 0 Å². The van der Waals surface area contributed by atoms with E-state index in [0.717, 1.165) is 90.9 Å². The molecule has 0 amide bonds. The van der Waals surface area contributed by atoms with E-state index in [1.807, 2.05) is 51.1 Å². The molecule has 2 atom stereocenters. The van der Waals surface area contributed by atoms with Crippen LogP contribution >= 0.6 is 0 Å². The van der Waals surface area contributed by atoms with E-state index in [1.54, 1.807) is 18.5 Å². The molecule has 1 fully saturated rings. The zero-order valence-corrected chi connectivity index (χ0v) is 32.3. The molecule has 278 valence electrons. The number of carbonyl (C=O) groups excluding carboxylic acids is 2. The Labute approximate surface area is 321 Å². The summed E-state index contributed by atoms with van der Waals surface area (Å²) in [6, 6.07) is 7.45. The van der Waals surface area contributed by atoms with Gasteiger partial charge in [0.1, 0.15) is 5.76 Å². The number of esters is 1. The van der Waals surface area contributed by atoms with Gasteiger partial charge < -0.3 is 15.2 Å². The second-order valence-electron chi connectivity index (χ2n) is 15.0. The first-order valence-corrected chi connectivity index (χ1v) is 18.9. The normalized spacial score (nSPS) is 21.5. The Kier molecular flexibility index (Phi) is 9.15. The predicted octanol–water partition coefficient (Wildman–Crippen LogP) is 8.65. The van der Waals surface area contributed by atoms with Crippen molar-refractivity contribution in [3.8, 4) is 11.4 Å². The third-order valence-corrected chi connectivity index (χ3v) is 11.7.